The van der Waals surface area contributed by atoms with Crippen molar-refractivity contribution in [2.75, 3.05) is 38.1 Å². The summed E-state index contributed by atoms with van der Waals surface area (Å²) < 4.78 is 0. The van der Waals surface area contributed by atoms with Crippen molar-refractivity contribution in [2.24, 2.45) is 0 Å². The molecule has 0 saturated carbocycles. The standard InChI is InChI=1S/C26H36ClN5O2/c1-19-10-11-22(27)14-23(19)31(17-24(33)28-12-13-29-26(2,3)4)18-25(34)30(5)32-15-20-8-6-7-9-21(20)16-32/h6-11,14,29H,12-13,15-18H2,1-5H3,(H,28,33). The summed E-state index contributed by atoms with van der Waals surface area (Å²) >= 11 is 6.26. The van der Waals surface area contributed by atoms with Gasteiger partial charge >= 0.3 is 0 Å². The van der Waals surface area contributed by atoms with Gasteiger partial charge in [0.1, 0.15) is 0 Å². The molecular weight excluding hydrogens is 450 g/mol. The number of likely N-dealkylation sites (N-methyl/N-ethyl adjacent to an activating group) is 1. The van der Waals surface area contributed by atoms with E-state index in [0.29, 0.717) is 31.2 Å². The number of hydrogen-bond acceptors (Lipinski definition) is 5. The van der Waals surface area contributed by atoms with Crippen molar-refractivity contribution >= 4 is 29.1 Å². The summed E-state index contributed by atoms with van der Waals surface area (Å²) in [4.78, 5) is 27.8. The predicted molar refractivity (Wildman–Crippen MR) is 138 cm³/mol. The van der Waals surface area contributed by atoms with Crippen molar-refractivity contribution in [3.8, 4) is 0 Å². The van der Waals surface area contributed by atoms with Crippen molar-refractivity contribution in [1.29, 1.82) is 0 Å². The number of nitrogens with zero attached hydrogens (tertiary/aromatic N) is 3. The molecule has 0 spiro atoms. The number of hydrazine groups is 1. The molecule has 2 aromatic carbocycles. The van der Waals surface area contributed by atoms with Crippen molar-refractivity contribution < 1.29 is 9.59 Å². The lowest BCUT2D eigenvalue weighted by molar-refractivity contribution is -0.145. The van der Waals surface area contributed by atoms with Gasteiger partial charge in [-0.2, -0.15) is 0 Å². The first kappa shape index (κ1) is 26.0. The van der Waals surface area contributed by atoms with Crippen LogP contribution in [0.15, 0.2) is 42.5 Å². The largest absolute Gasteiger partial charge is 0.353 e. The Kier molecular flexibility index (Phi) is 8.57. The van der Waals surface area contributed by atoms with Crippen LogP contribution in [-0.2, 0) is 22.7 Å². The van der Waals surface area contributed by atoms with E-state index in [0.717, 1.165) is 11.3 Å². The van der Waals surface area contributed by atoms with Crippen LogP contribution in [0.1, 0.15) is 37.5 Å². The lowest BCUT2D eigenvalue weighted by Crippen LogP contribution is -2.48. The molecule has 0 aromatic heterocycles. The smallest absolute Gasteiger partial charge is 0.256 e. The topological polar surface area (TPSA) is 67.9 Å². The first-order chi connectivity index (χ1) is 16.0. The SMILES string of the molecule is Cc1ccc(Cl)cc1N(CC(=O)NCCNC(C)(C)C)CC(=O)N(C)N1Cc2ccccc2C1. The minimum atomic E-state index is -0.140. The molecule has 0 saturated heterocycles. The molecular formula is C26H36ClN5O2. The first-order valence-corrected chi connectivity index (χ1v) is 12.0. The van der Waals surface area contributed by atoms with E-state index in [1.54, 1.807) is 17.0 Å². The Labute approximate surface area is 208 Å². The van der Waals surface area contributed by atoms with Crippen LogP contribution in [0.4, 0.5) is 5.69 Å². The third-order valence-electron chi connectivity index (χ3n) is 5.88. The van der Waals surface area contributed by atoms with Crippen LogP contribution >= 0.6 is 11.6 Å². The Bertz CT molecular complexity index is 995. The number of benzene rings is 2. The van der Waals surface area contributed by atoms with Gasteiger partial charge in [-0.05, 0) is 56.5 Å². The number of nitrogens with one attached hydrogen (secondary N) is 2. The Balaban J connectivity index is 1.67. The number of carbonyl (C=O) groups excluding carboxylic acids is 2. The molecule has 0 atom stereocenters. The second kappa shape index (κ2) is 11.2. The van der Waals surface area contributed by atoms with Gasteiger partial charge in [0.05, 0.1) is 13.1 Å². The van der Waals surface area contributed by atoms with Crippen molar-refractivity contribution in [3.05, 3.63) is 64.2 Å². The Morgan fingerprint density at radius 2 is 1.68 bits per heavy atom. The number of rotatable bonds is 9. The summed E-state index contributed by atoms with van der Waals surface area (Å²) in [7, 11) is 1.79. The van der Waals surface area contributed by atoms with Crippen LogP contribution in [0, 0.1) is 6.92 Å². The molecule has 3 rings (SSSR count). The second-order valence-corrected chi connectivity index (χ2v) is 10.3. The average Bonchev–Trinajstić information content (AvgIpc) is 3.21. The fourth-order valence-electron chi connectivity index (χ4n) is 3.97. The summed E-state index contributed by atoms with van der Waals surface area (Å²) in [6, 6.07) is 13.7. The zero-order chi connectivity index (χ0) is 24.9. The van der Waals surface area contributed by atoms with E-state index in [9.17, 15) is 9.59 Å². The van der Waals surface area contributed by atoms with Gasteiger partial charge in [0.25, 0.3) is 5.91 Å². The number of amides is 2. The molecule has 0 radical (unpaired) electrons. The Hall–Kier alpha value is -2.61. The molecule has 0 aliphatic carbocycles. The highest BCUT2D eigenvalue weighted by Crippen LogP contribution is 2.26. The van der Waals surface area contributed by atoms with Gasteiger partial charge in [0.2, 0.25) is 5.91 Å². The van der Waals surface area contributed by atoms with Gasteiger partial charge in [-0.25, -0.2) is 5.01 Å². The summed E-state index contributed by atoms with van der Waals surface area (Å²) in [5.41, 5.74) is 4.18. The van der Waals surface area contributed by atoms with Gasteiger partial charge in [-0.1, -0.05) is 41.9 Å². The van der Waals surface area contributed by atoms with Crippen LogP contribution < -0.4 is 15.5 Å². The maximum atomic E-state index is 13.3. The van der Waals surface area contributed by atoms with Crippen molar-refractivity contribution in [2.45, 2.75) is 46.3 Å². The highest BCUT2D eigenvalue weighted by molar-refractivity contribution is 6.30. The molecule has 34 heavy (non-hydrogen) atoms. The number of carbonyl (C=O) groups is 2. The molecule has 2 N–H and O–H groups in total. The summed E-state index contributed by atoms with van der Waals surface area (Å²) in [6.45, 7) is 10.9. The number of hydrogen-bond donors (Lipinski definition) is 2. The molecule has 184 valence electrons. The van der Waals surface area contributed by atoms with Crippen LogP contribution in [0.5, 0.6) is 0 Å². The van der Waals surface area contributed by atoms with E-state index in [-0.39, 0.29) is 30.4 Å². The van der Waals surface area contributed by atoms with Crippen LogP contribution in [-0.4, -0.2) is 60.6 Å². The summed E-state index contributed by atoms with van der Waals surface area (Å²) in [6.07, 6.45) is 0. The normalized spacial score (nSPS) is 13.5. The number of aryl methyl sites for hydroxylation is 1. The zero-order valence-electron chi connectivity index (χ0n) is 20.8. The minimum Gasteiger partial charge on any atom is -0.353 e. The van der Waals surface area contributed by atoms with Gasteiger partial charge < -0.3 is 15.5 Å². The number of anilines is 1. The third kappa shape index (κ3) is 7.19. The maximum Gasteiger partial charge on any atom is 0.256 e. The number of fused-ring (bicyclic) bond motifs is 1. The highest BCUT2D eigenvalue weighted by Gasteiger charge is 2.27. The molecule has 0 fully saturated rings. The summed E-state index contributed by atoms with van der Waals surface area (Å²) in [5, 5.41) is 10.6. The van der Waals surface area contributed by atoms with Crippen molar-refractivity contribution in [1.82, 2.24) is 20.7 Å². The summed E-state index contributed by atoms with van der Waals surface area (Å²) in [5.74, 6) is -0.228. The van der Waals surface area contributed by atoms with E-state index < -0.39 is 0 Å². The highest BCUT2D eigenvalue weighted by atomic mass is 35.5. The maximum absolute atomic E-state index is 13.3. The van der Waals surface area contributed by atoms with E-state index >= 15 is 0 Å². The lowest BCUT2D eigenvalue weighted by atomic mass is 10.1. The van der Waals surface area contributed by atoms with Gasteiger partial charge in [0.15, 0.2) is 0 Å². The molecule has 0 unspecified atom stereocenters. The fraction of sp³-hybridized carbons (Fsp3) is 0.462. The first-order valence-electron chi connectivity index (χ1n) is 11.6. The van der Waals surface area contributed by atoms with E-state index in [2.05, 4.69) is 43.5 Å². The Morgan fingerprint density at radius 1 is 1.03 bits per heavy atom. The Morgan fingerprint density at radius 3 is 2.29 bits per heavy atom. The predicted octanol–water partition coefficient (Wildman–Crippen LogP) is 3.35. The number of halogens is 1. The molecule has 8 heteroatoms. The van der Waals surface area contributed by atoms with Crippen molar-refractivity contribution in [3.63, 3.8) is 0 Å². The quantitative estimate of drug-likeness (QED) is 0.533. The van der Waals surface area contributed by atoms with Gasteiger partial charge in [0, 0.05) is 49.5 Å². The molecule has 0 bridgehead atoms. The van der Waals surface area contributed by atoms with E-state index in [4.69, 9.17) is 11.6 Å². The van der Waals surface area contributed by atoms with E-state index in [1.165, 1.54) is 11.1 Å². The molecule has 7 nitrogen and oxygen atoms in total. The average molecular weight is 486 g/mol. The van der Waals surface area contributed by atoms with Gasteiger partial charge in [-0.3, -0.25) is 14.6 Å². The minimum absolute atomic E-state index is 0.0130. The van der Waals surface area contributed by atoms with Crippen LogP contribution in [0.25, 0.3) is 0 Å². The van der Waals surface area contributed by atoms with Crippen LogP contribution in [0.3, 0.4) is 0 Å². The third-order valence-corrected chi connectivity index (χ3v) is 6.12. The van der Waals surface area contributed by atoms with E-state index in [1.807, 2.05) is 42.3 Å². The van der Waals surface area contributed by atoms with Crippen LogP contribution in [0.2, 0.25) is 5.02 Å². The van der Waals surface area contributed by atoms with Gasteiger partial charge in [-0.15, -0.1) is 0 Å². The molecule has 1 aliphatic rings. The fourth-order valence-corrected chi connectivity index (χ4v) is 4.14. The molecule has 1 aliphatic heterocycles. The molecule has 1 heterocycles. The second-order valence-electron chi connectivity index (χ2n) is 9.82. The zero-order valence-corrected chi connectivity index (χ0v) is 21.6. The molecule has 2 amide bonds. The monoisotopic (exact) mass is 485 g/mol. The lowest BCUT2D eigenvalue weighted by Gasteiger charge is -2.32. The molecule has 2 aromatic rings.